The van der Waals surface area contributed by atoms with E-state index in [0.29, 0.717) is 17.5 Å². The SMILES string of the molecule is CC1CC(C)N(c2ccc([N+](=O)[O-])cc2C#N)C1. The quantitative estimate of drug-likeness (QED) is 0.593. The lowest BCUT2D eigenvalue weighted by Crippen LogP contribution is -2.27. The molecule has 94 valence electrons. The van der Waals surface area contributed by atoms with Crippen LogP contribution < -0.4 is 4.90 Å². The highest BCUT2D eigenvalue weighted by atomic mass is 16.6. The summed E-state index contributed by atoms with van der Waals surface area (Å²) in [5.74, 6) is 0.585. The zero-order valence-corrected chi connectivity index (χ0v) is 10.5. The molecule has 1 heterocycles. The molecule has 1 aromatic rings. The minimum atomic E-state index is -0.472. The molecule has 0 bridgehead atoms. The highest BCUT2D eigenvalue weighted by Crippen LogP contribution is 2.32. The molecule has 1 aliphatic rings. The average molecular weight is 245 g/mol. The number of nitro benzene ring substituents is 1. The fourth-order valence-electron chi connectivity index (χ4n) is 2.61. The Kier molecular flexibility index (Phi) is 3.19. The van der Waals surface area contributed by atoms with E-state index in [4.69, 9.17) is 5.26 Å². The van der Waals surface area contributed by atoms with Gasteiger partial charge in [0.1, 0.15) is 6.07 Å². The Bertz CT molecular complexity index is 521. The van der Waals surface area contributed by atoms with Gasteiger partial charge in [0, 0.05) is 24.7 Å². The van der Waals surface area contributed by atoms with E-state index < -0.39 is 4.92 Å². The molecular weight excluding hydrogens is 230 g/mol. The third-order valence-electron chi connectivity index (χ3n) is 3.40. The zero-order valence-electron chi connectivity index (χ0n) is 10.5. The number of non-ortho nitro benzene ring substituents is 1. The third kappa shape index (κ3) is 2.14. The van der Waals surface area contributed by atoms with Gasteiger partial charge >= 0.3 is 0 Å². The molecule has 1 aliphatic heterocycles. The number of benzene rings is 1. The second kappa shape index (κ2) is 4.65. The Labute approximate surface area is 106 Å². The van der Waals surface area contributed by atoms with Gasteiger partial charge in [-0.15, -0.1) is 0 Å². The van der Waals surface area contributed by atoms with Gasteiger partial charge in [-0.3, -0.25) is 10.1 Å². The lowest BCUT2D eigenvalue weighted by atomic mass is 10.1. The van der Waals surface area contributed by atoms with Crippen molar-refractivity contribution >= 4 is 11.4 Å². The molecule has 2 rings (SSSR count). The van der Waals surface area contributed by atoms with E-state index in [0.717, 1.165) is 18.7 Å². The Morgan fingerprint density at radius 2 is 2.22 bits per heavy atom. The van der Waals surface area contributed by atoms with Gasteiger partial charge in [0.25, 0.3) is 5.69 Å². The summed E-state index contributed by atoms with van der Waals surface area (Å²) in [4.78, 5) is 12.4. The van der Waals surface area contributed by atoms with Crippen molar-refractivity contribution < 1.29 is 4.92 Å². The second-order valence-corrected chi connectivity index (χ2v) is 4.91. The summed E-state index contributed by atoms with van der Waals surface area (Å²) in [7, 11) is 0. The standard InChI is InChI=1S/C13H15N3O2/c1-9-5-10(2)15(8-9)13-4-3-12(16(17)18)6-11(13)7-14/h3-4,6,9-10H,5,8H2,1-2H3. The van der Waals surface area contributed by atoms with Gasteiger partial charge in [-0.1, -0.05) is 6.92 Å². The first kappa shape index (κ1) is 12.4. The molecule has 0 amide bonds. The summed E-state index contributed by atoms with van der Waals surface area (Å²) < 4.78 is 0. The van der Waals surface area contributed by atoms with Crippen LogP contribution in [0.15, 0.2) is 18.2 Å². The van der Waals surface area contributed by atoms with E-state index in [9.17, 15) is 10.1 Å². The van der Waals surface area contributed by atoms with Gasteiger partial charge in [0.2, 0.25) is 0 Å². The van der Waals surface area contributed by atoms with Crippen LogP contribution >= 0.6 is 0 Å². The lowest BCUT2D eigenvalue weighted by Gasteiger charge is -2.24. The highest BCUT2D eigenvalue weighted by molar-refractivity contribution is 5.63. The molecule has 2 atom stereocenters. The zero-order chi connectivity index (χ0) is 13.3. The summed E-state index contributed by atoms with van der Waals surface area (Å²) in [6.45, 7) is 5.19. The first-order chi connectivity index (χ1) is 8.52. The first-order valence-electron chi connectivity index (χ1n) is 5.98. The molecule has 0 N–H and O–H groups in total. The average Bonchev–Trinajstić information content (AvgIpc) is 2.67. The monoisotopic (exact) mass is 245 g/mol. The second-order valence-electron chi connectivity index (χ2n) is 4.91. The highest BCUT2D eigenvalue weighted by Gasteiger charge is 2.28. The van der Waals surface area contributed by atoms with Crippen molar-refractivity contribution in [2.75, 3.05) is 11.4 Å². The van der Waals surface area contributed by atoms with Gasteiger partial charge in [-0.25, -0.2) is 0 Å². The van der Waals surface area contributed by atoms with Crippen LogP contribution in [0.1, 0.15) is 25.8 Å². The molecule has 18 heavy (non-hydrogen) atoms. The van der Waals surface area contributed by atoms with Crippen LogP contribution in [-0.4, -0.2) is 17.5 Å². The number of nitrogens with zero attached hydrogens (tertiary/aromatic N) is 3. The molecular formula is C13H15N3O2. The molecule has 1 aromatic carbocycles. The number of hydrogen-bond acceptors (Lipinski definition) is 4. The number of rotatable bonds is 2. The molecule has 1 fully saturated rings. The largest absolute Gasteiger partial charge is 0.367 e. The fourth-order valence-corrected chi connectivity index (χ4v) is 2.61. The van der Waals surface area contributed by atoms with Gasteiger partial charge in [0.15, 0.2) is 0 Å². The molecule has 2 unspecified atom stereocenters. The summed E-state index contributed by atoms with van der Waals surface area (Å²) >= 11 is 0. The fraction of sp³-hybridized carbons (Fsp3) is 0.462. The van der Waals surface area contributed by atoms with E-state index in [-0.39, 0.29) is 5.69 Å². The first-order valence-corrected chi connectivity index (χ1v) is 5.98. The van der Waals surface area contributed by atoms with E-state index in [1.54, 1.807) is 6.07 Å². The van der Waals surface area contributed by atoms with Crippen LogP contribution in [0.5, 0.6) is 0 Å². The van der Waals surface area contributed by atoms with Crippen molar-refractivity contribution in [3.63, 3.8) is 0 Å². The van der Waals surface area contributed by atoms with Crippen molar-refractivity contribution in [1.29, 1.82) is 5.26 Å². The number of anilines is 1. The van der Waals surface area contributed by atoms with E-state index in [1.165, 1.54) is 12.1 Å². The normalized spacial score (nSPS) is 22.8. The summed E-state index contributed by atoms with van der Waals surface area (Å²) in [6, 6.07) is 6.93. The van der Waals surface area contributed by atoms with Crippen LogP contribution in [0.3, 0.4) is 0 Å². The van der Waals surface area contributed by atoms with Crippen LogP contribution in [0.4, 0.5) is 11.4 Å². The molecule has 0 aromatic heterocycles. The summed E-state index contributed by atoms with van der Waals surface area (Å²) in [5.41, 5.74) is 1.15. The van der Waals surface area contributed by atoms with Gasteiger partial charge in [-0.05, 0) is 25.3 Å². The number of nitro groups is 1. The van der Waals surface area contributed by atoms with Gasteiger partial charge < -0.3 is 4.90 Å². The minimum absolute atomic E-state index is 0.0322. The van der Waals surface area contributed by atoms with E-state index in [2.05, 4.69) is 24.8 Å². The smallest absolute Gasteiger partial charge is 0.270 e. The van der Waals surface area contributed by atoms with Crippen molar-refractivity contribution in [2.24, 2.45) is 5.92 Å². The third-order valence-corrected chi connectivity index (χ3v) is 3.40. The van der Waals surface area contributed by atoms with E-state index in [1.807, 2.05) is 0 Å². The Morgan fingerprint density at radius 3 is 2.72 bits per heavy atom. The summed E-state index contributed by atoms with van der Waals surface area (Å²) in [5, 5.41) is 19.8. The van der Waals surface area contributed by atoms with Crippen molar-refractivity contribution in [2.45, 2.75) is 26.3 Å². The van der Waals surface area contributed by atoms with Gasteiger partial charge in [0.05, 0.1) is 16.2 Å². The van der Waals surface area contributed by atoms with E-state index >= 15 is 0 Å². The Balaban J connectivity index is 2.40. The molecule has 0 radical (unpaired) electrons. The lowest BCUT2D eigenvalue weighted by molar-refractivity contribution is -0.384. The van der Waals surface area contributed by atoms with Crippen molar-refractivity contribution in [3.05, 3.63) is 33.9 Å². The van der Waals surface area contributed by atoms with Crippen LogP contribution in [-0.2, 0) is 0 Å². The topological polar surface area (TPSA) is 70.2 Å². The van der Waals surface area contributed by atoms with Crippen LogP contribution in [0.25, 0.3) is 0 Å². The van der Waals surface area contributed by atoms with Crippen molar-refractivity contribution in [3.8, 4) is 6.07 Å². The predicted octanol–water partition coefficient (Wildman–Crippen LogP) is 2.70. The molecule has 5 heteroatoms. The minimum Gasteiger partial charge on any atom is -0.367 e. The number of nitriles is 1. The molecule has 0 aliphatic carbocycles. The molecule has 0 spiro atoms. The van der Waals surface area contributed by atoms with Crippen molar-refractivity contribution in [1.82, 2.24) is 0 Å². The predicted molar refractivity (Wildman–Crippen MR) is 68.4 cm³/mol. The maximum atomic E-state index is 10.7. The number of hydrogen-bond donors (Lipinski definition) is 0. The van der Waals surface area contributed by atoms with Crippen LogP contribution in [0, 0.1) is 27.4 Å². The summed E-state index contributed by atoms with van der Waals surface area (Å²) in [6.07, 6.45) is 1.09. The molecule has 1 saturated heterocycles. The maximum absolute atomic E-state index is 10.7. The Morgan fingerprint density at radius 1 is 1.50 bits per heavy atom. The van der Waals surface area contributed by atoms with Crippen LogP contribution in [0.2, 0.25) is 0 Å². The molecule has 5 nitrogen and oxygen atoms in total. The Hall–Kier alpha value is -2.09. The maximum Gasteiger partial charge on any atom is 0.270 e. The molecule has 0 saturated carbocycles. The van der Waals surface area contributed by atoms with Gasteiger partial charge in [-0.2, -0.15) is 5.26 Å².